The summed E-state index contributed by atoms with van der Waals surface area (Å²) in [5.41, 5.74) is 0.829. The van der Waals surface area contributed by atoms with Crippen molar-refractivity contribution in [3.8, 4) is 0 Å². The third-order valence-corrected chi connectivity index (χ3v) is 6.73. The largest absolute Gasteiger partial charge is 0.349 e. The molecule has 0 radical (unpaired) electrons. The van der Waals surface area contributed by atoms with Crippen LogP contribution in [0.2, 0.25) is 5.02 Å². The lowest BCUT2D eigenvalue weighted by molar-refractivity contribution is 0.0910. The number of carbonyl (C=O) groups is 1. The van der Waals surface area contributed by atoms with Crippen molar-refractivity contribution >= 4 is 33.2 Å². The first-order valence-corrected chi connectivity index (χ1v) is 11.0. The van der Waals surface area contributed by atoms with Gasteiger partial charge in [-0.25, -0.2) is 8.42 Å². The zero-order valence-corrected chi connectivity index (χ0v) is 18.4. The van der Waals surface area contributed by atoms with Gasteiger partial charge in [-0.3, -0.25) is 9.10 Å². The predicted molar refractivity (Wildman–Crippen MR) is 114 cm³/mol. The highest BCUT2D eigenvalue weighted by Crippen LogP contribution is 2.24. The van der Waals surface area contributed by atoms with E-state index in [2.05, 4.69) is 33.0 Å². The predicted octanol–water partition coefficient (Wildman–Crippen LogP) is 4.58. The number of nitrogens with one attached hydrogen (secondary N) is 1. The number of amides is 1. The summed E-state index contributed by atoms with van der Waals surface area (Å²) in [5, 5.41) is 3.52. The van der Waals surface area contributed by atoms with E-state index in [1.54, 1.807) is 24.3 Å². The topological polar surface area (TPSA) is 66.5 Å². The molecule has 2 aromatic carbocycles. The molecule has 7 heteroatoms. The quantitative estimate of drug-likeness (QED) is 0.710. The van der Waals surface area contributed by atoms with Crippen molar-refractivity contribution in [2.45, 2.75) is 38.6 Å². The van der Waals surface area contributed by atoms with Crippen molar-refractivity contribution in [2.24, 2.45) is 11.8 Å². The van der Waals surface area contributed by atoms with Crippen LogP contribution in [0.5, 0.6) is 0 Å². The van der Waals surface area contributed by atoms with Crippen molar-refractivity contribution in [2.75, 3.05) is 11.4 Å². The molecule has 0 aromatic heterocycles. The van der Waals surface area contributed by atoms with Crippen LogP contribution in [-0.4, -0.2) is 27.4 Å². The summed E-state index contributed by atoms with van der Waals surface area (Å²) in [7, 11) is -2.29. The maximum atomic E-state index is 12.9. The highest BCUT2D eigenvalue weighted by molar-refractivity contribution is 7.92. The van der Waals surface area contributed by atoms with Gasteiger partial charge in [-0.2, -0.15) is 0 Å². The van der Waals surface area contributed by atoms with Crippen molar-refractivity contribution in [1.82, 2.24) is 5.32 Å². The molecule has 0 aliphatic rings. The van der Waals surface area contributed by atoms with Crippen LogP contribution in [-0.2, 0) is 10.0 Å². The SMILES string of the molecule is CC(C)C(NC(=O)c1cccc(N(C)S(=O)(=O)c2ccc(Cl)cc2)c1)C(C)C. The van der Waals surface area contributed by atoms with Gasteiger partial charge in [0.1, 0.15) is 0 Å². The molecule has 2 aromatic rings. The molecule has 0 spiro atoms. The lowest BCUT2D eigenvalue weighted by atomic mass is 9.93. The highest BCUT2D eigenvalue weighted by atomic mass is 35.5. The van der Waals surface area contributed by atoms with Gasteiger partial charge in [0, 0.05) is 23.7 Å². The third kappa shape index (κ3) is 5.06. The Balaban J connectivity index is 2.29. The second kappa shape index (κ2) is 8.97. The average molecular weight is 423 g/mol. The fraction of sp³-hybridized carbons (Fsp3) is 0.381. The van der Waals surface area contributed by atoms with Gasteiger partial charge in [-0.15, -0.1) is 0 Å². The van der Waals surface area contributed by atoms with E-state index in [9.17, 15) is 13.2 Å². The number of rotatable bonds is 7. The molecule has 0 bridgehead atoms. The Hall–Kier alpha value is -2.05. The van der Waals surface area contributed by atoms with Crippen molar-refractivity contribution in [3.05, 3.63) is 59.1 Å². The number of benzene rings is 2. The summed E-state index contributed by atoms with van der Waals surface area (Å²) in [5.74, 6) is 0.367. The molecule has 1 N–H and O–H groups in total. The first kappa shape index (κ1) is 22.2. The zero-order valence-electron chi connectivity index (χ0n) is 16.8. The molecule has 0 unspecified atom stereocenters. The maximum Gasteiger partial charge on any atom is 0.264 e. The van der Waals surface area contributed by atoms with Crippen LogP contribution in [0.4, 0.5) is 5.69 Å². The van der Waals surface area contributed by atoms with Gasteiger partial charge in [-0.1, -0.05) is 45.4 Å². The molecule has 5 nitrogen and oxygen atoms in total. The molecule has 0 atom stereocenters. The van der Waals surface area contributed by atoms with Gasteiger partial charge in [0.05, 0.1) is 10.6 Å². The molecule has 0 saturated heterocycles. The molecule has 0 fully saturated rings. The first-order valence-electron chi connectivity index (χ1n) is 9.19. The van der Waals surface area contributed by atoms with E-state index in [1.807, 2.05) is 0 Å². The number of hydrogen-bond donors (Lipinski definition) is 1. The van der Waals surface area contributed by atoms with Gasteiger partial charge in [0.15, 0.2) is 0 Å². The minimum absolute atomic E-state index is 0.0340. The van der Waals surface area contributed by atoms with Crippen LogP contribution in [0.3, 0.4) is 0 Å². The summed E-state index contributed by atoms with van der Waals surface area (Å²) in [6.45, 7) is 8.25. The third-order valence-electron chi connectivity index (χ3n) is 4.68. The second-order valence-electron chi connectivity index (χ2n) is 7.46. The highest BCUT2D eigenvalue weighted by Gasteiger charge is 2.23. The van der Waals surface area contributed by atoms with Gasteiger partial charge in [-0.05, 0) is 54.3 Å². The van der Waals surface area contributed by atoms with E-state index in [1.165, 1.54) is 31.3 Å². The number of carbonyl (C=O) groups excluding carboxylic acids is 1. The van der Waals surface area contributed by atoms with Crippen LogP contribution >= 0.6 is 11.6 Å². The molecule has 0 saturated carbocycles. The van der Waals surface area contributed by atoms with E-state index in [4.69, 9.17) is 11.6 Å². The lowest BCUT2D eigenvalue weighted by Gasteiger charge is -2.26. The molecule has 2 rings (SSSR count). The number of sulfonamides is 1. The average Bonchev–Trinajstić information content (AvgIpc) is 2.65. The minimum Gasteiger partial charge on any atom is -0.349 e. The van der Waals surface area contributed by atoms with E-state index < -0.39 is 10.0 Å². The van der Waals surface area contributed by atoms with Crippen LogP contribution in [0.1, 0.15) is 38.1 Å². The fourth-order valence-electron chi connectivity index (χ4n) is 3.08. The molecule has 28 heavy (non-hydrogen) atoms. The van der Waals surface area contributed by atoms with Gasteiger partial charge in [0.25, 0.3) is 15.9 Å². The van der Waals surface area contributed by atoms with Gasteiger partial charge >= 0.3 is 0 Å². The molecular weight excluding hydrogens is 396 g/mol. The Kier molecular flexibility index (Phi) is 7.12. The van der Waals surface area contributed by atoms with Crippen LogP contribution in [0, 0.1) is 11.8 Å². The Labute approximate surface area is 172 Å². The first-order chi connectivity index (χ1) is 13.0. The van der Waals surface area contributed by atoms with Crippen LogP contribution in [0.15, 0.2) is 53.4 Å². The zero-order chi connectivity index (χ0) is 21.1. The van der Waals surface area contributed by atoms with E-state index in [-0.39, 0.29) is 16.8 Å². The number of anilines is 1. The van der Waals surface area contributed by atoms with Crippen molar-refractivity contribution < 1.29 is 13.2 Å². The summed E-state index contributed by atoms with van der Waals surface area (Å²) in [6.07, 6.45) is 0. The minimum atomic E-state index is -3.76. The van der Waals surface area contributed by atoms with Crippen LogP contribution < -0.4 is 9.62 Å². The smallest absolute Gasteiger partial charge is 0.264 e. The standard InChI is InChI=1S/C21H27ClN2O3S/c1-14(2)20(15(3)4)23-21(25)16-7-6-8-18(13-16)24(5)28(26,27)19-11-9-17(22)10-12-19/h6-15,20H,1-5H3,(H,23,25). The molecular formula is C21H27ClN2O3S. The molecule has 1 amide bonds. The Morgan fingerprint density at radius 2 is 1.57 bits per heavy atom. The maximum absolute atomic E-state index is 12.9. The number of hydrogen-bond acceptors (Lipinski definition) is 3. The van der Waals surface area contributed by atoms with Crippen molar-refractivity contribution in [1.29, 1.82) is 0 Å². The number of halogens is 1. The monoisotopic (exact) mass is 422 g/mol. The van der Waals surface area contributed by atoms with Gasteiger partial charge < -0.3 is 5.32 Å². The Morgan fingerprint density at radius 1 is 1.00 bits per heavy atom. The normalized spacial score (nSPS) is 11.9. The second-order valence-corrected chi connectivity index (χ2v) is 9.87. The summed E-state index contributed by atoms with van der Waals surface area (Å²) in [4.78, 5) is 12.8. The summed E-state index contributed by atoms with van der Waals surface area (Å²) in [6, 6.07) is 12.6. The van der Waals surface area contributed by atoms with Gasteiger partial charge in [0.2, 0.25) is 0 Å². The van der Waals surface area contributed by atoms with Crippen molar-refractivity contribution in [3.63, 3.8) is 0 Å². The molecule has 0 heterocycles. The summed E-state index contributed by atoms with van der Waals surface area (Å²) >= 11 is 5.85. The Morgan fingerprint density at radius 3 is 2.11 bits per heavy atom. The number of nitrogens with zero attached hydrogens (tertiary/aromatic N) is 1. The fourth-order valence-corrected chi connectivity index (χ4v) is 4.40. The summed E-state index contributed by atoms with van der Waals surface area (Å²) < 4.78 is 26.9. The molecule has 152 valence electrons. The molecule has 0 aliphatic carbocycles. The van der Waals surface area contributed by atoms with E-state index >= 15 is 0 Å². The Bertz CT molecular complexity index is 917. The molecule has 0 aliphatic heterocycles. The van der Waals surface area contributed by atoms with E-state index in [0.717, 1.165) is 4.31 Å². The van der Waals surface area contributed by atoms with E-state index in [0.29, 0.717) is 28.1 Å². The lowest BCUT2D eigenvalue weighted by Crippen LogP contribution is -2.42. The van der Waals surface area contributed by atoms with Crippen LogP contribution in [0.25, 0.3) is 0 Å².